The van der Waals surface area contributed by atoms with Gasteiger partial charge in [-0.15, -0.1) is 0 Å². The van der Waals surface area contributed by atoms with Crippen LogP contribution in [0.25, 0.3) is 0 Å². The number of benzene rings is 1. The molecule has 0 aliphatic carbocycles. The van der Waals surface area contributed by atoms with Crippen LogP contribution in [-0.4, -0.2) is 11.7 Å². The number of hydrogen-bond donors (Lipinski definition) is 2. The highest BCUT2D eigenvalue weighted by Crippen LogP contribution is 2.20. The predicted octanol–water partition coefficient (Wildman–Crippen LogP) is 4.68. The molecule has 3 heteroatoms. The van der Waals surface area contributed by atoms with Crippen molar-refractivity contribution in [1.82, 2.24) is 5.32 Å². The van der Waals surface area contributed by atoms with Gasteiger partial charge in [-0.1, -0.05) is 45.7 Å². The summed E-state index contributed by atoms with van der Waals surface area (Å²) in [6.45, 7) is 7.62. The van der Waals surface area contributed by atoms with E-state index < -0.39 is 0 Å². The van der Waals surface area contributed by atoms with E-state index in [-0.39, 0.29) is 0 Å². The number of hydrogen-bond acceptors (Lipinski definition) is 1. The summed E-state index contributed by atoms with van der Waals surface area (Å²) in [7, 11) is 0. The molecule has 1 aromatic carbocycles. The minimum atomic E-state index is 0.619. The monoisotopic (exact) mass is 278 g/mol. The molecule has 0 radical (unpaired) electrons. The Bertz CT molecular complexity index is 373. The van der Waals surface area contributed by atoms with Gasteiger partial charge in [0.1, 0.15) is 0 Å². The van der Waals surface area contributed by atoms with Crippen molar-refractivity contribution in [3.63, 3.8) is 0 Å². The van der Waals surface area contributed by atoms with Gasteiger partial charge >= 0.3 is 0 Å². The van der Waals surface area contributed by atoms with Crippen LogP contribution < -0.4 is 10.6 Å². The van der Waals surface area contributed by atoms with Crippen LogP contribution in [0.2, 0.25) is 0 Å². The second kappa shape index (κ2) is 8.92. The molecule has 0 aromatic heterocycles. The average Bonchev–Trinajstić information content (AvgIpc) is 2.43. The summed E-state index contributed by atoms with van der Waals surface area (Å²) in [4.78, 5) is 0. The van der Waals surface area contributed by atoms with Crippen molar-refractivity contribution in [2.24, 2.45) is 0 Å². The molecule has 0 fully saturated rings. The maximum atomic E-state index is 5.27. The van der Waals surface area contributed by atoms with E-state index in [1.165, 1.54) is 31.2 Å². The third-order valence-electron chi connectivity index (χ3n) is 3.42. The first-order valence-corrected chi connectivity index (χ1v) is 7.73. The highest BCUT2D eigenvalue weighted by atomic mass is 32.1. The van der Waals surface area contributed by atoms with Crippen molar-refractivity contribution >= 4 is 23.0 Å². The van der Waals surface area contributed by atoms with Gasteiger partial charge in [-0.05, 0) is 48.7 Å². The van der Waals surface area contributed by atoms with Crippen LogP contribution in [0.3, 0.4) is 0 Å². The Morgan fingerprint density at radius 2 is 1.84 bits per heavy atom. The molecule has 0 aliphatic rings. The Morgan fingerprint density at radius 3 is 2.42 bits per heavy atom. The smallest absolute Gasteiger partial charge is 0.170 e. The summed E-state index contributed by atoms with van der Waals surface area (Å²) in [5.41, 5.74) is 2.44. The first-order valence-electron chi connectivity index (χ1n) is 7.32. The summed E-state index contributed by atoms with van der Waals surface area (Å²) >= 11 is 5.27. The van der Waals surface area contributed by atoms with E-state index in [4.69, 9.17) is 12.2 Å². The number of nitrogens with one attached hydrogen (secondary N) is 2. The molecule has 0 heterocycles. The summed E-state index contributed by atoms with van der Waals surface area (Å²) in [5, 5.41) is 7.17. The van der Waals surface area contributed by atoms with Crippen LogP contribution in [0, 0.1) is 0 Å². The van der Waals surface area contributed by atoms with Gasteiger partial charge in [0.25, 0.3) is 0 Å². The van der Waals surface area contributed by atoms with Gasteiger partial charge in [0, 0.05) is 12.2 Å². The van der Waals surface area contributed by atoms with Crippen molar-refractivity contribution in [3.8, 4) is 0 Å². The fourth-order valence-corrected chi connectivity index (χ4v) is 2.10. The Balaban J connectivity index is 2.38. The van der Waals surface area contributed by atoms with Crippen molar-refractivity contribution in [1.29, 1.82) is 0 Å². The highest BCUT2D eigenvalue weighted by Gasteiger charge is 2.03. The molecule has 0 bridgehead atoms. The number of anilines is 1. The molecule has 1 rings (SSSR count). The van der Waals surface area contributed by atoms with E-state index in [2.05, 4.69) is 55.7 Å². The lowest BCUT2D eigenvalue weighted by atomic mass is 9.99. The quantitative estimate of drug-likeness (QED) is 0.559. The Kier molecular flexibility index (Phi) is 7.49. The zero-order valence-electron chi connectivity index (χ0n) is 12.3. The van der Waals surface area contributed by atoms with Crippen LogP contribution in [0.1, 0.15) is 57.9 Å². The van der Waals surface area contributed by atoms with E-state index in [0.29, 0.717) is 11.0 Å². The maximum Gasteiger partial charge on any atom is 0.170 e. The van der Waals surface area contributed by atoms with Gasteiger partial charge in [-0.2, -0.15) is 0 Å². The molecule has 0 spiro atoms. The largest absolute Gasteiger partial charge is 0.362 e. The molecule has 106 valence electrons. The summed E-state index contributed by atoms with van der Waals surface area (Å²) in [6, 6.07) is 8.55. The number of thiocarbonyl (C=S) groups is 1. The summed E-state index contributed by atoms with van der Waals surface area (Å²) < 4.78 is 0. The molecule has 1 unspecified atom stereocenters. The molecular weight excluding hydrogens is 252 g/mol. The lowest BCUT2D eigenvalue weighted by molar-refractivity contribution is 0.698. The molecule has 0 saturated carbocycles. The van der Waals surface area contributed by atoms with Crippen LogP contribution in [-0.2, 0) is 0 Å². The molecule has 0 saturated heterocycles. The molecule has 2 N–H and O–H groups in total. The highest BCUT2D eigenvalue weighted by molar-refractivity contribution is 7.80. The molecule has 19 heavy (non-hydrogen) atoms. The number of rotatable bonds is 7. The average molecular weight is 278 g/mol. The van der Waals surface area contributed by atoms with E-state index in [0.717, 1.165) is 12.2 Å². The van der Waals surface area contributed by atoms with Gasteiger partial charge in [0.15, 0.2) is 5.11 Å². The molecule has 0 amide bonds. The van der Waals surface area contributed by atoms with Gasteiger partial charge in [-0.3, -0.25) is 0 Å². The van der Waals surface area contributed by atoms with Crippen molar-refractivity contribution in [2.75, 3.05) is 11.9 Å². The van der Waals surface area contributed by atoms with E-state index in [1.807, 2.05) is 0 Å². The second-order valence-electron chi connectivity index (χ2n) is 5.02. The second-order valence-corrected chi connectivity index (χ2v) is 5.43. The molecule has 0 aliphatic heterocycles. The van der Waals surface area contributed by atoms with Gasteiger partial charge < -0.3 is 10.6 Å². The molecule has 1 aromatic rings. The van der Waals surface area contributed by atoms with Crippen molar-refractivity contribution in [2.45, 2.75) is 52.4 Å². The van der Waals surface area contributed by atoms with Crippen LogP contribution in [0.5, 0.6) is 0 Å². The van der Waals surface area contributed by atoms with Crippen molar-refractivity contribution < 1.29 is 0 Å². The van der Waals surface area contributed by atoms with Crippen LogP contribution in [0.4, 0.5) is 5.69 Å². The van der Waals surface area contributed by atoms with E-state index in [9.17, 15) is 0 Å². The van der Waals surface area contributed by atoms with E-state index >= 15 is 0 Å². The molecule has 1 atom stereocenters. The Morgan fingerprint density at radius 1 is 1.16 bits per heavy atom. The standard InChI is InChI=1S/C16H26N2S/c1-4-6-7-12-17-16(19)18-15-10-8-14(9-11-15)13(3)5-2/h8-11,13H,4-7,12H2,1-3H3,(H2,17,18,19). The van der Waals surface area contributed by atoms with E-state index in [1.54, 1.807) is 0 Å². The lowest BCUT2D eigenvalue weighted by Gasteiger charge is -2.12. The van der Waals surface area contributed by atoms with Crippen molar-refractivity contribution in [3.05, 3.63) is 29.8 Å². The predicted molar refractivity (Wildman–Crippen MR) is 88.9 cm³/mol. The third-order valence-corrected chi connectivity index (χ3v) is 3.66. The van der Waals surface area contributed by atoms with Gasteiger partial charge in [0.05, 0.1) is 0 Å². The topological polar surface area (TPSA) is 24.1 Å². The minimum Gasteiger partial charge on any atom is -0.362 e. The Labute approximate surface area is 123 Å². The maximum absolute atomic E-state index is 5.27. The third kappa shape index (κ3) is 6.06. The first kappa shape index (κ1) is 16.0. The normalized spacial score (nSPS) is 11.9. The fourth-order valence-electron chi connectivity index (χ4n) is 1.88. The zero-order chi connectivity index (χ0) is 14.1. The van der Waals surface area contributed by atoms with Gasteiger partial charge in [0.2, 0.25) is 0 Å². The zero-order valence-corrected chi connectivity index (χ0v) is 13.1. The van der Waals surface area contributed by atoms with Crippen LogP contribution in [0.15, 0.2) is 24.3 Å². The SMILES string of the molecule is CCCCCNC(=S)Nc1ccc(C(C)CC)cc1. The Hall–Kier alpha value is -1.09. The van der Waals surface area contributed by atoms with Crippen LogP contribution >= 0.6 is 12.2 Å². The fraction of sp³-hybridized carbons (Fsp3) is 0.562. The molecular formula is C16H26N2S. The summed E-state index contributed by atoms with van der Waals surface area (Å²) in [6.07, 6.45) is 4.83. The lowest BCUT2D eigenvalue weighted by Crippen LogP contribution is -2.29. The van der Waals surface area contributed by atoms with Gasteiger partial charge in [-0.25, -0.2) is 0 Å². The minimum absolute atomic E-state index is 0.619. The molecule has 2 nitrogen and oxygen atoms in total. The summed E-state index contributed by atoms with van der Waals surface area (Å²) in [5.74, 6) is 0.619. The first-order chi connectivity index (χ1) is 9.17. The number of unbranched alkanes of at least 4 members (excludes halogenated alkanes) is 2.